The van der Waals surface area contributed by atoms with Gasteiger partial charge in [0.2, 0.25) is 5.88 Å². The number of ether oxygens (including phenoxy) is 1. The molecule has 2 heterocycles. The molecule has 2 aromatic heterocycles. The molecule has 3 rings (SSSR count). The van der Waals surface area contributed by atoms with Crippen LogP contribution < -0.4 is 10.1 Å². The summed E-state index contributed by atoms with van der Waals surface area (Å²) in [5, 5.41) is 3.31. The van der Waals surface area contributed by atoms with E-state index in [0.29, 0.717) is 19.0 Å². The van der Waals surface area contributed by atoms with Crippen molar-refractivity contribution in [1.29, 1.82) is 0 Å². The highest BCUT2D eigenvalue weighted by Crippen LogP contribution is 2.22. The maximum absolute atomic E-state index is 12.9. The van der Waals surface area contributed by atoms with Crippen molar-refractivity contribution in [2.45, 2.75) is 13.0 Å². The molecule has 0 radical (unpaired) electrons. The van der Waals surface area contributed by atoms with Crippen LogP contribution in [0.1, 0.15) is 12.2 Å². The number of pyridine rings is 1. The molecule has 1 N–H and O–H groups in total. The van der Waals surface area contributed by atoms with E-state index in [9.17, 15) is 4.39 Å². The first kappa shape index (κ1) is 16.2. The lowest BCUT2D eigenvalue weighted by Gasteiger charge is -2.05. The average Bonchev–Trinajstić information content (AvgIpc) is 3.08. The summed E-state index contributed by atoms with van der Waals surface area (Å²) in [7, 11) is 0. The molecular weight excluding hydrogens is 307 g/mol. The van der Waals surface area contributed by atoms with Crippen molar-refractivity contribution in [3.05, 3.63) is 72.4 Å². The Morgan fingerprint density at radius 2 is 1.92 bits per heavy atom. The highest BCUT2D eigenvalue weighted by molar-refractivity contribution is 5.57. The largest absolute Gasteiger partial charge is 0.478 e. The standard InChI is InChI=1S/C19H19FN2O2/c20-16-7-5-15(6-8-16)18-10-9-17(24-18)14-21-11-3-13-23-19-4-1-2-12-22-19/h1-2,4-10,12,21H,3,11,13-14H2. The van der Waals surface area contributed by atoms with E-state index in [1.165, 1.54) is 12.1 Å². The van der Waals surface area contributed by atoms with Gasteiger partial charge >= 0.3 is 0 Å². The van der Waals surface area contributed by atoms with E-state index < -0.39 is 0 Å². The van der Waals surface area contributed by atoms with Gasteiger partial charge in [0.15, 0.2) is 0 Å². The first-order chi connectivity index (χ1) is 11.8. The second kappa shape index (κ2) is 8.26. The van der Waals surface area contributed by atoms with E-state index in [-0.39, 0.29) is 5.82 Å². The van der Waals surface area contributed by atoms with Gasteiger partial charge in [-0.1, -0.05) is 6.07 Å². The van der Waals surface area contributed by atoms with Gasteiger partial charge in [0.1, 0.15) is 17.3 Å². The second-order valence-electron chi connectivity index (χ2n) is 5.32. The van der Waals surface area contributed by atoms with Crippen molar-refractivity contribution in [1.82, 2.24) is 10.3 Å². The van der Waals surface area contributed by atoms with Crippen LogP contribution in [0.4, 0.5) is 4.39 Å². The Morgan fingerprint density at radius 1 is 1.04 bits per heavy atom. The molecule has 1 aromatic carbocycles. The number of nitrogens with one attached hydrogen (secondary N) is 1. The maximum Gasteiger partial charge on any atom is 0.213 e. The molecule has 0 aliphatic heterocycles. The van der Waals surface area contributed by atoms with Crippen LogP contribution in [0.25, 0.3) is 11.3 Å². The number of hydrogen-bond donors (Lipinski definition) is 1. The molecular formula is C19H19FN2O2. The van der Waals surface area contributed by atoms with E-state index in [4.69, 9.17) is 9.15 Å². The number of benzene rings is 1. The molecule has 0 aliphatic rings. The molecule has 124 valence electrons. The summed E-state index contributed by atoms with van der Waals surface area (Å²) in [6.45, 7) is 2.08. The number of furan rings is 1. The van der Waals surface area contributed by atoms with Crippen LogP contribution in [-0.2, 0) is 6.54 Å². The molecule has 0 saturated heterocycles. The molecule has 0 unspecified atom stereocenters. The van der Waals surface area contributed by atoms with Gasteiger partial charge in [0, 0.05) is 17.8 Å². The maximum atomic E-state index is 12.9. The van der Waals surface area contributed by atoms with Gasteiger partial charge in [-0.3, -0.25) is 0 Å². The average molecular weight is 326 g/mol. The second-order valence-corrected chi connectivity index (χ2v) is 5.32. The highest BCUT2D eigenvalue weighted by atomic mass is 19.1. The lowest BCUT2D eigenvalue weighted by Crippen LogP contribution is -2.16. The Kier molecular flexibility index (Phi) is 5.58. The Bertz CT molecular complexity index is 742. The zero-order chi connectivity index (χ0) is 16.6. The normalized spacial score (nSPS) is 10.7. The molecule has 5 heteroatoms. The first-order valence-electron chi connectivity index (χ1n) is 7.90. The Balaban J connectivity index is 1.37. The summed E-state index contributed by atoms with van der Waals surface area (Å²) in [6, 6.07) is 15.7. The van der Waals surface area contributed by atoms with Crippen LogP contribution in [0.3, 0.4) is 0 Å². The summed E-state index contributed by atoms with van der Waals surface area (Å²) in [6.07, 6.45) is 2.59. The van der Waals surface area contributed by atoms with Crippen molar-refractivity contribution in [2.75, 3.05) is 13.2 Å². The van der Waals surface area contributed by atoms with Gasteiger partial charge < -0.3 is 14.5 Å². The first-order valence-corrected chi connectivity index (χ1v) is 7.90. The van der Waals surface area contributed by atoms with Gasteiger partial charge in [-0.2, -0.15) is 0 Å². The molecule has 24 heavy (non-hydrogen) atoms. The van der Waals surface area contributed by atoms with Crippen LogP contribution in [0, 0.1) is 5.82 Å². The molecule has 0 bridgehead atoms. The predicted molar refractivity (Wildman–Crippen MR) is 90.2 cm³/mol. The summed E-state index contributed by atoms with van der Waals surface area (Å²) in [4.78, 5) is 4.10. The molecule has 3 aromatic rings. The van der Waals surface area contributed by atoms with Crippen LogP contribution in [0.2, 0.25) is 0 Å². The zero-order valence-electron chi connectivity index (χ0n) is 13.2. The third kappa shape index (κ3) is 4.67. The molecule has 0 fully saturated rings. The monoisotopic (exact) mass is 326 g/mol. The van der Waals surface area contributed by atoms with E-state index >= 15 is 0 Å². The van der Waals surface area contributed by atoms with Gasteiger partial charge in [-0.05, 0) is 55.4 Å². The van der Waals surface area contributed by atoms with E-state index in [1.54, 1.807) is 18.3 Å². The van der Waals surface area contributed by atoms with E-state index in [2.05, 4.69) is 10.3 Å². The Morgan fingerprint density at radius 3 is 2.71 bits per heavy atom. The van der Waals surface area contributed by atoms with Crippen molar-refractivity contribution >= 4 is 0 Å². The van der Waals surface area contributed by atoms with E-state index in [1.807, 2.05) is 30.3 Å². The lowest BCUT2D eigenvalue weighted by molar-refractivity contribution is 0.296. The fraction of sp³-hybridized carbons (Fsp3) is 0.211. The molecule has 0 atom stereocenters. The number of hydrogen-bond acceptors (Lipinski definition) is 4. The van der Waals surface area contributed by atoms with Crippen LogP contribution >= 0.6 is 0 Å². The Labute approximate surface area is 140 Å². The minimum absolute atomic E-state index is 0.250. The smallest absolute Gasteiger partial charge is 0.213 e. The molecule has 0 amide bonds. The van der Waals surface area contributed by atoms with Crippen LogP contribution in [0.15, 0.2) is 65.2 Å². The van der Waals surface area contributed by atoms with Crippen LogP contribution in [-0.4, -0.2) is 18.1 Å². The fourth-order valence-electron chi connectivity index (χ4n) is 2.26. The number of halogens is 1. The van der Waals surface area contributed by atoms with Crippen molar-refractivity contribution in [3.63, 3.8) is 0 Å². The summed E-state index contributed by atoms with van der Waals surface area (Å²) < 4.78 is 24.2. The molecule has 0 saturated carbocycles. The topological polar surface area (TPSA) is 47.3 Å². The van der Waals surface area contributed by atoms with Gasteiger partial charge in [-0.15, -0.1) is 0 Å². The number of rotatable bonds is 8. The van der Waals surface area contributed by atoms with Crippen molar-refractivity contribution in [3.8, 4) is 17.2 Å². The highest BCUT2D eigenvalue weighted by Gasteiger charge is 2.04. The third-order valence-electron chi connectivity index (χ3n) is 3.48. The quantitative estimate of drug-likeness (QED) is 0.635. The molecule has 0 aliphatic carbocycles. The van der Waals surface area contributed by atoms with Crippen LogP contribution in [0.5, 0.6) is 5.88 Å². The minimum Gasteiger partial charge on any atom is -0.478 e. The van der Waals surface area contributed by atoms with Gasteiger partial charge in [-0.25, -0.2) is 9.37 Å². The predicted octanol–water partition coefficient (Wildman–Crippen LogP) is 4.04. The van der Waals surface area contributed by atoms with Crippen molar-refractivity contribution in [2.24, 2.45) is 0 Å². The van der Waals surface area contributed by atoms with Gasteiger partial charge in [0.05, 0.1) is 13.2 Å². The van der Waals surface area contributed by atoms with Gasteiger partial charge in [0.25, 0.3) is 0 Å². The summed E-state index contributed by atoms with van der Waals surface area (Å²) in [5.41, 5.74) is 0.867. The fourth-order valence-corrected chi connectivity index (χ4v) is 2.26. The zero-order valence-corrected chi connectivity index (χ0v) is 13.2. The molecule has 4 nitrogen and oxygen atoms in total. The van der Waals surface area contributed by atoms with E-state index in [0.717, 1.165) is 30.0 Å². The molecule has 0 spiro atoms. The summed E-state index contributed by atoms with van der Waals surface area (Å²) >= 11 is 0. The lowest BCUT2D eigenvalue weighted by atomic mass is 10.2. The number of aromatic nitrogens is 1. The Hall–Kier alpha value is -2.66. The minimum atomic E-state index is -0.250. The third-order valence-corrected chi connectivity index (χ3v) is 3.48. The number of nitrogens with zero attached hydrogens (tertiary/aromatic N) is 1. The SMILES string of the molecule is Fc1ccc(-c2ccc(CNCCCOc3ccccn3)o2)cc1. The van der Waals surface area contributed by atoms with Crippen molar-refractivity contribution < 1.29 is 13.5 Å². The summed E-state index contributed by atoms with van der Waals surface area (Å²) in [5.74, 6) is 1.98.